The minimum absolute atomic E-state index is 0.100. The zero-order chi connectivity index (χ0) is 16.9. The van der Waals surface area contributed by atoms with Crippen LogP contribution in [0.5, 0.6) is 5.75 Å². The molecule has 0 fully saturated rings. The fourth-order valence-electron chi connectivity index (χ4n) is 1.93. The van der Waals surface area contributed by atoms with E-state index in [0.717, 1.165) is 5.56 Å². The maximum Gasteiger partial charge on any atom is 0.261 e. The van der Waals surface area contributed by atoms with Crippen molar-refractivity contribution in [3.8, 4) is 5.75 Å². The number of methoxy groups -OCH3 is 1. The summed E-state index contributed by atoms with van der Waals surface area (Å²) in [6, 6.07) is 12.8. The van der Waals surface area contributed by atoms with Gasteiger partial charge in [0.1, 0.15) is 5.75 Å². The molecule has 2 aromatic carbocycles. The molecule has 0 saturated carbocycles. The number of likely N-dealkylation sites (N-methyl/N-ethyl adjacent to an activating group) is 1. The van der Waals surface area contributed by atoms with Gasteiger partial charge in [-0.3, -0.25) is 9.52 Å². The van der Waals surface area contributed by atoms with E-state index in [-0.39, 0.29) is 17.2 Å². The number of carbonyl (C=O) groups excluding carboxylic acids is 1. The van der Waals surface area contributed by atoms with Crippen molar-refractivity contribution in [2.24, 2.45) is 0 Å². The molecule has 0 bridgehead atoms. The van der Waals surface area contributed by atoms with E-state index in [0.29, 0.717) is 11.4 Å². The van der Waals surface area contributed by atoms with Gasteiger partial charge in [-0.2, -0.15) is 0 Å². The van der Waals surface area contributed by atoms with Gasteiger partial charge in [0, 0.05) is 12.7 Å². The Morgan fingerprint density at radius 1 is 1.04 bits per heavy atom. The lowest BCUT2D eigenvalue weighted by Gasteiger charge is -2.09. The maximum absolute atomic E-state index is 12.3. The Bertz CT molecular complexity index is 769. The number of nitrogens with one attached hydrogen (secondary N) is 2. The van der Waals surface area contributed by atoms with Gasteiger partial charge in [-0.25, -0.2) is 8.42 Å². The molecule has 0 unspecified atom stereocenters. The van der Waals surface area contributed by atoms with Crippen LogP contribution in [0.2, 0.25) is 0 Å². The smallest absolute Gasteiger partial charge is 0.261 e. The van der Waals surface area contributed by atoms with E-state index in [9.17, 15) is 13.2 Å². The Kier molecular flexibility index (Phi) is 5.23. The fourth-order valence-corrected chi connectivity index (χ4v) is 2.99. The first-order chi connectivity index (χ1) is 10.9. The predicted molar refractivity (Wildman–Crippen MR) is 88.0 cm³/mol. The second-order valence-electron chi connectivity index (χ2n) is 4.83. The molecule has 0 atom stereocenters. The molecule has 0 aromatic heterocycles. The van der Waals surface area contributed by atoms with Gasteiger partial charge in [0.25, 0.3) is 10.0 Å². The van der Waals surface area contributed by atoms with Crippen LogP contribution >= 0.6 is 0 Å². The molecule has 122 valence electrons. The van der Waals surface area contributed by atoms with Gasteiger partial charge in [-0.15, -0.1) is 0 Å². The van der Waals surface area contributed by atoms with Crippen molar-refractivity contribution in [2.75, 3.05) is 18.9 Å². The Morgan fingerprint density at radius 2 is 1.65 bits per heavy atom. The van der Waals surface area contributed by atoms with Crippen molar-refractivity contribution in [2.45, 2.75) is 11.3 Å². The lowest BCUT2D eigenvalue weighted by atomic mass is 10.1. The van der Waals surface area contributed by atoms with Crippen molar-refractivity contribution in [1.29, 1.82) is 0 Å². The highest BCUT2D eigenvalue weighted by Gasteiger charge is 2.14. The average molecular weight is 334 g/mol. The minimum Gasteiger partial charge on any atom is -0.497 e. The number of anilines is 1. The number of sulfonamides is 1. The molecule has 1 amide bonds. The summed E-state index contributed by atoms with van der Waals surface area (Å²) in [5.41, 5.74) is 1.23. The first-order valence-electron chi connectivity index (χ1n) is 6.91. The molecular weight excluding hydrogens is 316 g/mol. The van der Waals surface area contributed by atoms with Gasteiger partial charge in [-0.1, -0.05) is 12.1 Å². The summed E-state index contributed by atoms with van der Waals surface area (Å²) in [5.74, 6) is 0.485. The lowest BCUT2D eigenvalue weighted by molar-refractivity contribution is -0.119. The van der Waals surface area contributed by atoms with E-state index in [1.165, 1.54) is 19.2 Å². The highest BCUT2D eigenvalue weighted by molar-refractivity contribution is 7.92. The Labute approximate surface area is 135 Å². The van der Waals surface area contributed by atoms with Crippen LogP contribution in [0.1, 0.15) is 5.56 Å². The Morgan fingerprint density at radius 3 is 2.17 bits per heavy atom. The van der Waals surface area contributed by atoms with Gasteiger partial charge < -0.3 is 10.1 Å². The Hall–Kier alpha value is -2.54. The largest absolute Gasteiger partial charge is 0.497 e. The van der Waals surface area contributed by atoms with Crippen LogP contribution in [-0.2, 0) is 21.2 Å². The van der Waals surface area contributed by atoms with Crippen molar-refractivity contribution in [3.05, 3.63) is 54.1 Å². The number of hydrogen-bond acceptors (Lipinski definition) is 4. The normalized spacial score (nSPS) is 10.9. The molecule has 0 aliphatic heterocycles. The highest BCUT2D eigenvalue weighted by atomic mass is 32.2. The average Bonchev–Trinajstić information content (AvgIpc) is 2.56. The predicted octanol–water partition coefficient (Wildman–Crippen LogP) is 1.78. The summed E-state index contributed by atoms with van der Waals surface area (Å²) < 4.78 is 32.1. The summed E-state index contributed by atoms with van der Waals surface area (Å²) >= 11 is 0. The number of rotatable bonds is 6. The minimum atomic E-state index is -3.66. The van der Waals surface area contributed by atoms with Crippen LogP contribution in [0.4, 0.5) is 5.69 Å². The molecule has 2 rings (SSSR count). The molecule has 0 spiro atoms. The van der Waals surface area contributed by atoms with Crippen LogP contribution in [0, 0.1) is 0 Å². The number of amides is 1. The summed E-state index contributed by atoms with van der Waals surface area (Å²) in [5, 5.41) is 2.54. The van der Waals surface area contributed by atoms with Crippen molar-refractivity contribution < 1.29 is 17.9 Å². The van der Waals surface area contributed by atoms with Crippen molar-refractivity contribution >= 4 is 21.6 Å². The number of benzene rings is 2. The molecule has 0 radical (unpaired) electrons. The molecule has 6 nitrogen and oxygen atoms in total. The number of hydrogen-bond donors (Lipinski definition) is 2. The molecule has 0 aliphatic rings. The fraction of sp³-hybridized carbons (Fsp3) is 0.188. The summed E-state index contributed by atoms with van der Waals surface area (Å²) in [6.45, 7) is 0. The van der Waals surface area contributed by atoms with E-state index in [1.54, 1.807) is 43.4 Å². The first-order valence-corrected chi connectivity index (χ1v) is 8.39. The van der Waals surface area contributed by atoms with Gasteiger partial charge in [0.15, 0.2) is 0 Å². The molecule has 2 N–H and O–H groups in total. The lowest BCUT2D eigenvalue weighted by Crippen LogP contribution is -2.19. The third kappa shape index (κ3) is 4.46. The third-order valence-corrected chi connectivity index (χ3v) is 4.62. The van der Waals surface area contributed by atoms with Gasteiger partial charge in [0.05, 0.1) is 18.4 Å². The molecule has 2 aromatic rings. The zero-order valence-corrected chi connectivity index (χ0v) is 13.7. The van der Waals surface area contributed by atoms with E-state index < -0.39 is 10.0 Å². The maximum atomic E-state index is 12.3. The van der Waals surface area contributed by atoms with Crippen LogP contribution in [0.3, 0.4) is 0 Å². The van der Waals surface area contributed by atoms with Crippen molar-refractivity contribution in [3.63, 3.8) is 0 Å². The van der Waals surface area contributed by atoms with Gasteiger partial charge in [-0.05, 0) is 42.0 Å². The quantitative estimate of drug-likeness (QED) is 0.843. The van der Waals surface area contributed by atoms with Gasteiger partial charge in [0.2, 0.25) is 5.91 Å². The Balaban J connectivity index is 2.12. The van der Waals surface area contributed by atoms with E-state index >= 15 is 0 Å². The molecule has 7 heteroatoms. The third-order valence-electron chi connectivity index (χ3n) is 3.22. The molecule has 23 heavy (non-hydrogen) atoms. The second-order valence-corrected chi connectivity index (χ2v) is 6.51. The summed E-state index contributed by atoms with van der Waals surface area (Å²) in [4.78, 5) is 11.4. The van der Waals surface area contributed by atoms with Crippen LogP contribution in [0.15, 0.2) is 53.4 Å². The molecular formula is C16H18N2O4S. The van der Waals surface area contributed by atoms with Crippen molar-refractivity contribution in [1.82, 2.24) is 5.32 Å². The zero-order valence-electron chi connectivity index (χ0n) is 12.9. The summed E-state index contributed by atoms with van der Waals surface area (Å²) in [7, 11) is -0.579. The number of carbonyl (C=O) groups is 1. The van der Waals surface area contributed by atoms with Crippen LogP contribution < -0.4 is 14.8 Å². The van der Waals surface area contributed by atoms with E-state index in [2.05, 4.69) is 10.0 Å². The summed E-state index contributed by atoms with van der Waals surface area (Å²) in [6.07, 6.45) is 0.252. The first kappa shape index (κ1) is 16.8. The topological polar surface area (TPSA) is 84.5 Å². The second kappa shape index (κ2) is 7.15. The van der Waals surface area contributed by atoms with Crippen LogP contribution in [0.25, 0.3) is 0 Å². The van der Waals surface area contributed by atoms with E-state index in [1.807, 2.05) is 0 Å². The number of ether oxygens (including phenoxy) is 1. The van der Waals surface area contributed by atoms with E-state index in [4.69, 9.17) is 4.74 Å². The SMILES string of the molecule is CNC(=O)Cc1ccc(NS(=O)(=O)c2ccc(OC)cc2)cc1. The highest BCUT2D eigenvalue weighted by Crippen LogP contribution is 2.19. The monoisotopic (exact) mass is 334 g/mol. The molecule has 0 heterocycles. The standard InChI is InChI=1S/C16H18N2O4S/c1-17-16(19)11-12-3-5-13(6-4-12)18-23(20,21)15-9-7-14(22-2)8-10-15/h3-10,18H,11H2,1-2H3,(H,17,19). The molecule has 0 saturated heterocycles. The molecule has 0 aliphatic carbocycles. The van der Waals surface area contributed by atoms with Gasteiger partial charge >= 0.3 is 0 Å². The van der Waals surface area contributed by atoms with Crippen LogP contribution in [-0.4, -0.2) is 28.5 Å².